The lowest BCUT2D eigenvalue weighted by atomic mass is 9.88. The molecule has 234 valence electrons. The molecule has 1 atom stereocenters. The van der Waals surface area contributed by atoms with E-state index in [1.807, 2.05) is 97.1 Å². The third-order valence-electron chi connectivity index (χ3n) is 7.68. The van der Waals surface area contributed by atoms with Crippen molar-refractivity contribution in [2.45, 2.75) is 57.1 Å². The summed E-state index contributed by atoms with van der Waals surface area (Å²) in [4.78, 5) is 38.3. The summed E-state index contributed by atoms with van der Waals surface area (Å²) in [6, 6.07) is 39.1. The van der Waals surface area contributed by atoms with Crippen LogP contribution >= 0.6 is 0 Å². The highest BCUT2D eigenvalue weighted by Gasteiger charge is 2.22. The van der Waals surface area contributed by atoms with Crippen molar-refractivity contribution in [1.29, 1.82) is 0 Å². The number of benzene rings is 4. The maximum Gasteiger partial charge on any atom is 0.408 e. The standard InChI is InChI=1S/C38H43N3O4/c42-36(25-24-30-15-5-1-6-16-30)39-27-14-13-23-35(41-38(44)45-29-31-17-7-2-8-18-31)37(43)40-28-26-34(32-19-9-3-10-20-32)33-21-11-4-12-22-33/h1-12,15-22,34-35H,13-14,23-29H2,(H,39,42)(H,40,43)(H,41,44). The summed E-state index contributed by atoms with van der Waals surface area (Å²) in [7, 11) is 0. The lowest BCUT2D eigenvalue weighted by Crippen LogP contribution is -2.47. The molecule has 0 spiro atoms. The maximum absolute atomic E-state index is 13.3. The van der Waals surface area contributed by atoms with Crippen LogP contribution < -0.4 is 16.0 Å². The minimum atomic E-state index is -0.756. The van der Waals surface area contributed by atoms with Crippen LogP contribution in [0.4, 0.5) is 4.79 Å². The second kappa shape index (κ2) is 18.7. The Balaban J connectivity index is 1.27. The van der Waals surface area contributed by atoms with Gasteiger partial charge in [0.1, 0.15) is 12.6 Å². The minimum Gasteiger partial charge on any atom is -0.445 e. The van der Waals surface area contributed by atoms with Crippen molar-refractivity contribution in [1.82, 2.24) is 16.0 Å². The highest BCUT2D eigenvalue weighted by atomic mass is 16.5. The van der Waals surface area contributed by atoms with Crippen LogP contribution in [-0.4, -0.2) is 37.0 Å². The molecule has 3 N–H and O–H groups in total. The first-order chi connectivity index (χ1) is 22.1. The maximum atomic E-state index is 13.3. The molecule has 0 aliphatic rings. The Morgan fingerprint density at radius 3 is 1.76 bits per heavy atom. The molecule has 0 radical (unpaired) electrons. The number of nitrogens with one attached hydrogen (secondary N) is 3. The Bertz CT molecular complexity index is 1390. The molecule has 4 aromatic rings. The van der Waals surface area contributed by atoms with Gasteiger partial charge in [-0.3, -0.25) is 9.59 Å². The summed E-state index contributed by atoms with van der Waals surface area (Å²) < 4.78 is 5.40. The molecular weight excluding hydrogens is 562 g/mol. The van der Waals surface area contributed by atoms with Crippen LogP contribution in [0.5, 0.6) is 0 Å². The van der Waals surface area contributed by atoms with Crippen molar-refractivity contribution in [3.63, 3.8) is 0 Å². The lowest BCUT2D eigenvalue weighted by molar-refractivity contribution is -0.123. The number of unbranched alkanes of at least 4 members (excludes halogenated alkanes) is 1. The summed E-state index contributed by atoms with van der Waals surface area (Å²) in [5.74, 6) is -0.124. The SMILES string of the molecule is O=C(CCc1ccccc1)NCCCCC(NC(=O)OCc1ccccc1)C(=O)NCCC(c1ccccc1)c1ccccc1. The number of hydrogen-bond donors (Lipinski definition) is 3. The van der Waals surface area contributed by atoms with E-state index in [-0.39, 0.29) is 24.3 Å². The van der Waals surface area contributed by atoms with Crippen LogP contribution in [0.2, 0.25) is 0 Å². The van der Waals surface area contributed by atoms with Gasteiger partial charge in [0, 0.05) is 25.4 Å². The Morgan fingerprint density at radius 1 is 0.600 bits per heavy atom. The fourth-order valence-electron chi connectivity index (χ4n) is 5.23. The van der Waals surface area contributed by atoms with E-state index in [4.69, 9.17) is 4.74 Å². The molecule has 0 aromatic heterocycles. The molecule has 0 aliphatic heterocycles. The number of rotatable bonds is 17. The van der Waals surface area contributed by atoms with Gasteiger partial charge in [-0.15, -0.1) is 0 Å². The van der Waals surface area contributed by atoms with Crippen molar-refractivity contribution < 1.29 is 19.1 Å². The van der Waals surface area contributed by atoms with Crippen LogP contribution in [0.1, 0.15) is 60.3 Å². The van der Waals surface area contributed by atoms with Crippen molar-refractivity contribution in [3.8, 4) is 0 Å². The molecule has 4 aromatic carbocycles. The molecule has 0 aliphatic carbocycles. The van der Waals surface area contributed by atoms with Crippen LogP contribution in [0.15, 0.2) is 121 Å². The van der Waals surface area contributed by atoms with E-state index in [2.05, 4.69) is 40.2 Å². The molecule has 3 amide bonds. The van der Waals surface area contributed by atoms with Gasteiger partial charge in [0.25, 0.3) is 0 Å². The first kappa shape index (κ1) is 33.0. The van der Waals surface area contributed by atoms with E-state index >= 15 is 0 Å². The number of carbonyl (C=O) groups is 3. The fraction of sp³-hybridized carbons (Fsp3) is 0.289. The van der Waals surface area contributed by atoms with E-state index in [1.54, 1.807) is 0 Å². The highest BCUT2D eigenvalue weighted by Crippen LogP contribution is 2.27. The summed E-state index contributed by atoms with van der Waals surface area (Å²) in [6.07, 6.45) is 2.95. The van der Waals surface area contributed by atoms with Gasteiger partial charge in [-0.1, -0.05) is 121 Å². The van der Waals surface area contributed by atoms with E-state index < -0.39 is 12.1 Å². The zero-order chi connectivity index (χ0) is 31.5. The van der Waals surface area contributed by atoms with Gasteiger partial charge in [0.2, 0.25) is 11.8 Å². The largest absolute Gasteiger partial charge is 0.445 e. The Labute approximate surface area is 266 Å². The number of alkyl carbamates (subject to hydrolysis) is 1. The van der Waals surface area contributed by atoms with Crippen LogP contribution in [0, 0.1) is 0 Å². The van der Waals surface area contributed by atoms with Crippen LogP contribution in [0.3, 0.4) is 0 Å². The molecule has 1 unspecified atom stereocenters. The second-order valence-electron chi connectivity index (χ2n) is 11.0. The zero-order valence-corrected chi connectivity index (χ0v) is 25.7. The predicted octanol–water partition coefficient (Wildman–Crippen LogP) is 6.54. The number of amides is 3. The molecule has 4 rings (SSSR count). The monoisotopic (exact) mass is 605 g/mol. The molecule has 0 heterocycles. The Kier molecular flexibility index (Phi) is 13.7. The van der Waals surface area contributed by atoms with Crippen LogP contribution in [0.25, 0.3) is 0 Å². The second-order valence-corrected chi connectivity index (χ2v) is 11.0. The molecule has 7 heteroatoms. The lowest BCUT2D eigenvalue weighted by Gasteiger charge is -2.21. The smallest absolute Gasteiger partial charge is 0.408 e. The molecule has 7 nitrogen and oxygen atoms in total. The highest BCUT2D eigenvalue weighted by molar-refractivity contribution is 5.85. The number of ether oxygens (including phenoxy) is 1. The van der Waals surface area contributed by atoms with Gasteiger partial charge in [-0.25, -0.2) is 4.79 Å². The molecule has 45 heavy (non-hydrogen) atoms. The Morgan fingerprint density at radius 2 is 1.16 bits per heavy atom. The average Bonchev–Trinajstić information content (AvgIpc) is 3.09. The van der Waals surface area contributed by atoms with E-state index in [0.29, 0.717) is 51.6 Å². The van der Waals surface area contributed by atoms with E-state index in [0.717, 1.165) is 11.1 Å². The van der Waals surface area contributed by atoms with Gasteiger partial charge in [-0.05, 0) is 54.4 Å². The van der Waals surface area contributed by atoms with Gasteiger partial charge >= 0.3 is 6.09 Å². The first-order valence-electron chi connectivity index (χ1n) is 15.7. The van der Waals surface area contributed by atoms with E-state index in [9.17, 15) is 14.4 Å². The summed E-state index contributed by atoms with van der Waals surface area (Å²) in [5.41, 5.74) is 4.36. The van der Waals surface area contributed by atoms with Gasteiger partial charge in [-0.2, -0.15) is 0 Å². The van der Waals surface area contributed by atoms with Crippen LogP contribution in [-0.2, 0) is 27.4 Å². The molecule has 0 saturated carbocycles. The first-order valence-corrected chi connectivity index (χ1v) is 15.7. The zero-order valence-electron chi connectivity index (χ0n) is 25.7. The quantitative estimate of drug-likeness (QED) is 0.119. The normalized spacial score (nSPS) is 11.4. The minimum absolute atomic E-state index is 0.00199. The van der Waals surface area contributed by atoms with Crippen molar-refractivity contribution in [2.24, 2.45) is 0 Å². The average molecular weight is 606 g/mol. The summed E-state index contributed by atoms with van der Waals surface area (Å²) in [6.45, 7) is 1.07. The Hall–Kier alpha value is -4.91. The van der Waals surface area contributed by atoms with Crippen molar-refractivity contribution in [2.75, 3.05) is 13.1 Å². The van der Waals surface area contributed by atoms with Gasteiger partial charge in [0.15, 0.2) is 0 Å². The predicted molar refractivity (Wildman–Crippen MR) is 178 cm³/mol. The van der Waals surface area contributed by atoms with Gasteiger partial charge in [0.05, 0.1) is 0 Å². The van der Waals surface area contributed by atoms with Crippen molar-refractivity contribution in [3.05, 3.63) is 144 Å². The van der Waals surface area contributed by atoms with Gasteiger partial charge < -0.3 is 20.7 Å². The summed E-state index contributed by atoms with van der Waals surface area (Å²) in [5, 5.41) is 8.77. The molecule has 0 saturated heterocycles. The fourth-order valence-corrected chi connectivity index (χ4v) is 5.23. The van der Waals surface area contributed by atoms with Crippen molar-refractivity contribution >= 4 is 17.9 Å². The number of aryl methyl sites for hydroxylation is 1. The third-order valence-corrected chi connectivity index (χ3v) is 7.68. The third kappa shape index (κ3) is 11.9. The molecule has 0 bridgehead atoms. The topological polar surface area (TPSA) is 96.5 Å². The molecule has 0 fully saturated rings. The van der Waals surface area contributed by atoms with E-state index in [1.165, 1.54) is 11.1 Å². The number of hydrogen-bond acceptors (Lipinski definition) is 4. The summed E-state index contributed by atoms with van der Waals surface area (Å²) >= 11 is 0. The number of carbonyl (C=O) groups excluding carboxylic acids is 3. The molecular formula is C38H43N3O4.